The first-order valence-corrected chi connectivity index (χ1v) is 8.92. The van der Waals surface area contributed by atoms with Crippen molar-refractivity contribution in [3.05, 3.63) is 54.4 Å². The van der Waals surface area contributed by atoms with Crippen LogP contribution in [0.1, 0.15) is 5.56 Å². The van der Waals surface area contributed by atoms with Crippen molar-refractivity contribution in [2.75, 3.05) is 33.2 Å². The second-order valence-corrected chi connectivity index (χ2v) is 6.46. The summed E-state index contributed by atoms with van der Waals surface area (Å²) in [5.41, 5.74) is 1.28. The minimum absolute atomic E-state index is 0.0787. The van der Waals surface area contributed by atoms with Gasteiger partial charge >= 0.3 is 0 Å². The van der Waals surface area contributed by atoms with Crippen molar-refractivity contribution in [2.45, 2.75) is 19.0 Å². The van der Waals surface area contributed by atoms with Crippen LogP contribution in [0.15, 0.2) is 48.8 Å². The van der Waals surface area contributed by atoms with Crippen molar-refractivity contribution in [2.24, 2.45) is 0 Å². The lowest BCUT2D eigenvalue weighted by Gasteiger charge is -2.40. The molecule has 1 atom stereocenters. The summed E-state index contributed by atoms with van der Waals surface area (Å²) in [6, 6.07) is 11.6. The fraction of sp³-hybridized carbons (Fsp3) is 0.421. The molecule has 1 aliphatic rings. The zero-order chi connectivity index (χ0) is 18.4. The number of amides is 2. The zero-order valence-corrected chi connectivity index (χ0v) is 15.0. The Labute approximate surface area is 153 Å². The van der Waals surface area contributed by atoms with E-state index < -0.39 is 6.04 Å². The number of hydrogen-bond donors (Lipinski definition) is 1. The van der Waals surface area contributed by atoms with Crippen molar-refractivity contribution < 1.29 is 9.59 Å². The Morgan fingerprint density at radius 3 is 2.69 bits per heavy atom. The number of benzene rings is 1. The number of piperazine rings is 1. The molecule has 0 spiro atoms. The largest absolute Gasteiger partial charge is 0.357 e. The molecule has 3 rings (SSSR count). The van der Waals surface area contributed by atoms with Crippen LogP contribution in [0.5, 0.6) is 0 Å². The molecular formula is C19H25N5O2. The Balaban J connectivity index is 1.61. The SMILES string of the molecule is CNC(=O)C1CN(CCc2ccccc2)CCN1C(=O)Cn1cccn1. The van der Waals surface area contributed by atoms with E-state index in [1.807, 2.05) is 18.2 Å². The van der Waals surface area contributed by atoms with Crippen molar-refractivity contribution in [3.8, 4) is 0 Å². The van der Waals surface area contributed by atoms with E-state index >= 15 is 0 Å². The van der Waals surface area contributed by atoms with E-state index in [9.17, 15) is 9.59 Å². The zero-order valence-electron chi connectivity index (χ0n) is 15.0. The van der Waals surface area contributed by atoms with E-state index in [4.69, 9.17) is 0 Å². The van der Waals surface area contributed by atoms with Crippen LogP contribution < -0.4 is 5.32 Å². The molecule has 7 nitrogen and oxygen atoms in total. The quantitative estimate of drug-likeness (QED) is 0.814. The maximum atomic E-state index is 12.6. The predicted octanol–water partition coefficient (Wildman–Crippen LogP) is 0.385. The summed E-state index contributed by atoms with van der Waals surface area (Å²) < 4.78 is 1.59. The van der Waals surface area contributed by atoms with Crippen molar-refractivity contribution in [3.63, 3.8) is 0 Å². The second-order valence-electron chi connectivity index (χ2n) is 6.46. The number of carbonyl (C=O) groups is 2. The molecule has 2 aromatic rings. The maximum Gasteiger partial charge on any atom is 0.245 e. The van der Waals surface area contributed by atoms with Gasteiger partial charge in [0.1, 0.15) is 12.6 Å². The van der Waals surface area contributed by atoms with Crippen LogP contribution in [0.25, 0.3) is 0 Å². The normalized spacial score (nSPS) is 17.9. The van der Waals surface area contributed by atoms with Gasteiger partial charge in [-0.3, -0.25) is 19.2 Å². The van der Waals surface area contributed by atoms with Gasteiger partial charge in [-0.05, 0) is 18.1 Å². The van der Waals surface area contributed by atoms with Crippen LogP contribution >= 0.6 is 0 Å². The van der Waals surface area contributed by atoms with Gasteiger partial charge in [-0.1, -0.05) is 30.3 Å². The van der Waals surface area contributed by atoms with Crippen molar-refractivity contribution in [1.82, 2.24) is 24.9 Å². The lowest BCUT2D eigenvalue weighted by atomic mass is 10.1. The molecule has 0 radical (unpaired) electrons. The fourth-order valence-electron chi connectivity index (χ4n) is 3.29. The minimum atomic E-state index is -0.465. The van der Waals surface area contributed by atoms with E-state index in [2.05, 4.69) is 27.4 Å². The van der Waals surface area contributed by atoms with Crippen LogP contribution in [0.4, 0.5) is 0 Å². The molecule has 2 amide bonds. The second kappa shape index (κ2) is 8.62. The van der Waals surface area contributed by atoms with Gasteiger partial charge in [0.15, 0.2) is 0 Å². The van der Waals surface area contributed by atoms with E-state index in [1.54, 1.807) is 35.1 Å². The molecule has 1 aliphatic heterocycles. The van der Waals surface area contributed by atoms with Crippen molar-refractivity contribution >= 4 is 11.8 Å². The van der Waals surface area contributed by atoms with Crippen LogP contribution in [0, 0.1) is 0 Å². The number of hydrogen-bond acceptors (Lipinski definition) is 4. The molecule has 1 fully saturated rings. The number of nitrogens with one attached hydrogen (secondary N) is 1. The van der Waals surface area contributed by atoms with Crippen LogP contribution in [0.2, 0.25) is 0 Å². The Morgan fingerprint density at radius 2 is 2.00 bits per heavy atom. The Bertz CT molecular complexity index is 717. The van der Waals surface area contributed by atoms with Gasteiger partial charge in [0.25, 0.3) is 0 Å². The summed E-state index contributed by atoms with van der Waals surface area (Å²) in [6.07, 6.45) is 4.33. The molecule has 0 bridgehead atoms. The van der Waals surface area contributed by atoms with E-state index in [1.165, 1.54) is 5.56 Å². The first-order valence-electron chi connectivity index (χ1n) is 8.92. The highest BCUT2D eigenvalue weighted by Crippen LogP contribution is 2.13. The summed E-state index contributed by atoms with van der Waals surface area (Å²) in [5, 5.41) is 6.77. The average Bonchev–Trinajstić information content (AvgIpc) is 3.19. The van der Waals surface area contributed by atoms with E-state index in [-0.39, 0.29) is 18.4 Å². The lowest BCUT2D eigenvalue weighted by molar-refractivity contribution is -0.144. The van der Waals surface area contributed by atoms with Gasteiger partial charge in [-0.2, -0.15) is 5.10 Å². The van der Waals surface area contributed by atoms with E-state index in [0.717, 1.165) is 19.5 Å². The summed E-state index contributed by atoms with van der Waals surface area (Å²) in [7, 11) is 1.61. The summed E-state index contributed by atoms with van der Waals surface area (Å²) in [4.78, 5) is 28.9. The minimum Gasteiger partial charge on any atom is -0.357 e. The fourth-order valence-corrected chi connectivity index (χ4v) is 3.29. The molecule has 2 heterocycles. The highest BCUT2D eigenvalue weighted by molar-refractivity contribution is 5.87. The van der Waals surface area contributed by atoms with Gasteiger partial charge in [-0.15, -0.1) is 0 Å². The van der Waals surface area contributed by atoms with Gasteiger partial charge in [-0.25, -0.2) is 0 Å². The van der Waals surface area contributed by atoms with Gasteiger partial charge in [0.2, 0.25) is 11.8 Å². The first kappa shape index (κ1) is 18.1. The van der Waals surface area contributed by atoms with Crippen LogP contribution in [-0.2, 0) is 22.6 Å². The van der Waals surface area contributed by atoms with Crippen LogP contribution in [0.3, 0.4) is 0 Å². The first-order chi connectivity index (χ1) is 12.7. The Hall–Kier alpha value is -2.67. The molecule has 1 aromatic carbocycles. The van der Waals surface area contributed by atoms with Gasteiger partial charge in [0.05, 0.1) is 0 Å². The Morgan fingerprint density at radius 1 is 1.19 bits per heavy atom. The molecule has 1 saturated heterocycles. The third kappa shape index (κ3) is 4.49. The standard InChI is InChI=1S/C19H25N5O2/c1-20-19(26)17-14-22(11-8-16-6-3-2-4-7-16)12-13-24(17)18(25)15-23-10-5-9-21-23/h2-7,9-10,17H,8,11-15H2,1H3,(H,20,26). The number of rotatable bonds is 6. The number of aromatic nitrogens is 2. The third-order valence-electron chi connectivity index (χ3n) is 4.75. The Kier molecular flexibility index (Phi) is 6.01. The van der Waals surface area contributed by atoms with E-state index in [0.29, 0.717) is 13.1 Å². The highest BCUT2D eigenvalue weighted by Gasteiger charge is 2.34. The van der Waals surface area contributed by atoms with Crippen molar-refractivity contribution in [1.29, 1.82) is 0 Å². The summed E-state index contributed by atoms with van der Waals surface area (Å²) in [5.74, 6) is -0.201. The molecule has 1 aromatic heterocycles. The van der Waals surface area contributed by atoms with Gasteiger partial charge in [0, 0.05) is 45.6 Å². The maximum absolute atomic E-state index is 12.6. The average molecular weight is 355 g/mol. The molecule has 138 valence electrons. The molecule has 26 heavy (non-hydrogen) atoms. The molecule has 7 heteroatoms. The lowest BCUT2D eigenvalue weighted by Crippen LogP contribution is -2.61. The summed E-state index contributed by atoms with van der Waals surface area (Å²) in [6.45, 7) is 2.90. The van der Waals surface area contributed by atoms with Gasteiger partial charge < -0.3 is 10.2 Å². The number of likely N-dealkylation sites (N-methyl/N-ethyl adjacent to an activating group) is 1. The number of carbonyl (C=O) groups excluding carboxylic acids is 2. The molecule has 1 N–H and O–H groups in total. The summed E-state index contributed by atoms with van der Waals surface area (Å²) >= 11 is 0. The molecule has 0 aliphatic carbocycles. The number of nitrogens with zero attached hydrogens (tertiary/aromatic N) is 4. The smallest absolute Gasteiger partial charge is 0.245 e. The predicted molar refractivity (Wildman–Crippen MR) is 98.4 cm³/mol. The molecular weight excluding hydrogens is 330 g/mol. The molecule has 1 unspecified atom stereocenters. The van der Waals surface area contributed by atoms with Crippen LogP contribution in [-0.4, -0.2) is 70.7 Å². The third-order valence-corrected chi connectivity index (χ3v) is 4.75. The molecule has 0 saturated carbocycles. The topological polar surface area (TPSA) is 70.5 Å². The highest BCUT2D eigenvalue weighted by atomic mass is 16.2. The monoisotopic (exact) mass is 355 g/mol.